The van der Waals surface area contributed by atoms with E-state index >= 15 is 0 Å². The van der Waals surface area contributed by atoms with E-state index < -0.39 is 0 Å². The van der Waals surface area contributed by atoms with Crippen molar-refractivity contribution >= 4 is 33.8 Å². The Morgan fingerprint density at radius 2 is 2.00 bits per heavy atom. The quantitative estimate of drug-likeness (QED) is 0.482. The van der Waals surface area contributed by atoms with Crippen molar-refractivity contribution in [1.82, 2.24) is 19.5 Å². The summed E-state index contributed by atoms with van der Waals surface area (Å²) in [5.74, 6) is 1.82. The Morgan fingerprint density at radius 1 is 1.18 bits per heavy atom. The molecule has 0 bridgehead atoms. The van der Waals surface area contributed by atoms with Gasteiger partial charge in [0.1, 0.15) is 11.6 Å². The average Bonchev–Trinajstić information content (AvgIpc) is 3.51. The summed E-state index contributed by atoms with van der Waals surface area (Å²) in [7, 11) is 0. The highest BCUT2D eigenvalue weighted by molar-refractivity contribution is 7.19. The number of para-hydroxylation sites is 2. The van der Waals surface area contributed by atoms with Gasteiger partial charge in [-0.2, -0.15) is 4.52 Å². The summed E-state index contributed by atoms with van der Waals surface area (Å²) >= 11 is 1.29. The van der Waals surface area contributed by atoms with Gasteiger partial charge in [-0.3, -0.25) is 4.79 Å². The number of hydrogen-bond donors (Lipinski definition) is 1. The van der Waals surface area contributed by atoms with Crippen molar-refractivity contribution in [2.24, 2.45) is 0 Å². The number of carbonyl (C=O) groups is 1. The molecular formula is C22H22N6O4S. The molecule has 1 aliphatic rings. The first-order valence-corrected chi connectivity index (χ1v) is 11.4. The molecule has 33 heavy (non-hydrogen) atoms. The monoisotopic (exact) mass is 466 g/mol. The lowest BCUT2D eigenvalue weighted by Gasteiger charge is -2.35. The lowest BCUT2D eigenvalue weighted by atomic mass is 10.3. The number of nitrogens with zero attached hydrogens (tertiary/aromatic N) is 5. The second-order valence-corrected chi connectivity index (χ2v) is 8.32. The Labute approximate surface area is 193 Å². The Bertz CT molecular complexity index is 1320. The molecule has 0 saturated carbocycles. The number of piperazine rings is 1. The first-order chi connectivity index (χ1) is 16.1. The molecule has 1 aliphatic heterocycles. The van der Waals surface area contributed by atoms with Crippen LogP contribution in [0.3, 0.4) is 0 Å². The van der Waals surface area contributed by atoms with Gasteiger partial charge in [0.2, 0.25) is 4.96 Å². The zero-order valence-corrected chi connectivity index (χ0v) is 18.7. The smallest absolute Gasteiger partial charge is 0.322 e. The fraction of sp³-hybridized carbons (Fsp3) is 0.273. The molecular weight excluding hydrogens is 444 g/mol. The number of fused-ring (bicyclic) bond motifs is 1. The lowest BCUT2D eigenvalue weighted by Crippen LogP contribution is -2.50. The molecule has 2 amide bonds. The van der Waals surface area contributed by atoms with Crippen LogP contribution >= 0.6 is 11.3 Å². The highest BCUT2D eigenvalue weighted by atomic mass is 32.1. The second kappa shape index (κ2) is 8.94. The van der Waals surface area contributed by atoms with Gasteiger partial charge in [0.05, 0.1) is 18.6 Å². The number of benzene rings is 1. The summed E-state index contributed by atoms with van der Waals surface area (Å²) in [5, 5.41) is 7.83. The van der Waals surface area contributed by atoms with Crippen molar-refractivity contribution in [1.29, 1.82) is 0 Å². The van der Waals surface area contributed by atoms with Crippen molar-refractivity contribution < 1.29 is 13.9 Å². The van der Waals surface area contributed by atoms with Crippen molar-refractivity contribution in [3.05, 3.63) is 59.1 Å². The maximum Gasteiger partial charge on any atom is 0.322 e. The number of ether oxygens (including phenoxy) is 1. The van der Waals surface area contributed by atoms with Gasteiger partial charge < -0.3 is 24.3 Å². The summed E-state index contributed by atoms with van der Waals surface area (Å²) in [5.41, 5.74) is 0.390. The van der Waals surface area contributed by atoms with Gasteiger partial charge in [0.15, 0.2) is 10.8 Å². The number of hydrogen-bond acceptors (Lipinski definition) is 8. The number of furan rings is 1. The number of amides is 2. The van der Waals surface area contributed by atoms with E-state index in [9.17, 15) is 9.59 Å². The van der Waals surface area contributed by atoms with Crippen LogP contribution in [0.4, 0.5) is 16.3 Å². The third kappa shape index (κ3) is 4.27. The Balaban J connectivity index is 1.27. The third-order valence-electron chi connectivity index (χ3n) is 5.28. The standard InChI is InChI=1S/C22H22N6O4S/c1-2-31-16-7-4-3-6-15(16)23-21(30)27-11-9-26(10-12-27)18-14-19(29)28-22(24-18)33-20(25-28)17-8-5-13-32-17/h3-8,13-14H,2,9-12H2,1H3,(H,23,30). The molecule has 1 N–H and O–H groups in total. The van der Waals surface area contributed by atoms with E-state index in [0.717, 1.165) is 0 Å². The van der Waals surface area contributed by atoms with Crippen LogP contribution in [0.25, 0.3) is 15.7 Å². The first kappa shape index (κ1) is 21.0. The maximum atomic E-state index is 12.8. The van der Waals surface area contributed by atoms with E-state index in [1.54, 1.807) is 23.3 Å². The molecule has 10 nitrogen and oxygen atoms in total. The fourth-order valence-electron chi connectivity index (χ4n) is 3.65. The van der Waals surface area contributed by atoms with Gasteiger partial charge in [-0.1, -0.05) is 23.5 Å². The van der Waals surface area contributed by atoms with Gasteiger partial charge >= 0.3 is 6.03 Å². The minimum Gasteiger partial charge on any atom is -0.492 e. The molecule has 4 aromatic rings. The van der Waals surface area contributed by atoms with E-state index in [0.29, 0.717) is 65.8 Å². The van der Waals surface area contributed by atoms with Gasteiger partial charge in [-0.25, -0.2) is 9.78 Å². The van der Waals surface area contributed by atoms with Gasteiger partial charge in [0, 0.05) is 32.2 Å². The molecule has 0 aliphatic carbocycles. The largest absolute Gasteiger partial charge is 0.492 e. The number of carbonyl (C=O) groups excluding carboxylic acids is 1. The van der Waals surface area contributed by atoms with E-state index in [1.165, 1.54) is 21.9 Å². The normalized spacial score (nSPS) is 14.0. The number of rotatable bonds is 5. The van der Waals surface area contributed by atoms with Crippen molar-refractivity contribution in [2.75, 3.05) is 43.0 Å². The maximum absolute atomic E-state index is 12.8. The zero-order chi connectivity index (χ0) is 22.8. The zero-order valence-electron chi connectivity index (χ0n) is 17.9. The van der Waals surface area contributed by atoms with Gasteiger partial charge in [0.25, 0.3) is 5.56 Å². The Hall–Kier alpha value is -3.86. The van der Waals surface area contributed by atoms with Crippen LogP contribution in [0, 0.1) is 0 Å². The van der Waals surface area contributed by atoms with Gasteiger partial charge in [-0.05, 0) is 31.2 Å². The summed E-state index contributed by atoms with van der Waals surface area (Å²) in [6.45, 7) is 4.55. The van der Waals surface area contributed by atoms with E-state index in [2.05, 4.69) is 15.4 Å². The van der Waals surface area contributed by atoms with Crippen LogP contribution < -0.4 is 20.5 Å². The minimum atomic E-state index is -0.253. The van der Waals surface area contributed by atoms with Crippen molar-refractivity contribution in [3.8, 4) is 16.5 Å². The first-order valence-electron chi connectivity index (χ1n) is 10.6. The highest BCUT2D eigenvalue weighted by Crippen LogP contribution is 2.26. The Kier molecular flexibility index (Phi) is 5.69. The average molecular weight is 467 g/mol. The lowest BCUT2D eigenvalue weighted by molar-refractivity contribution is 0.208. The van der Waals surface area contributed by atoms with Gasteiger partial charge in [-0.15, -0.1) is 5.10 Å². The molecule has 4 heterocycles. The number of urea groups is 1. The van der Waals surface area contributed by atoms with E-state index in [-0.39, 0.29) is 11.6 Å². The molecule has 0 spiro atoms. The van der Waals surface area contributed by atoms with E-state index in [1.807, 2.05) is 36.1 Å². The van der Waals surface area contributed by atoms with Crippen LogP contribution in [-0.4, -0.2) is 58.3 Å². The molecule has 170 valence electrons. The van der Waals surface area contributed by atoms with Crippen molar-refractivity contribution in [3.63, 3.8) is 0 Å². The van der Waals surface area contributed by atoms with Crippen molar-refractivity contribution in [2.45, 2.75) is 6.92 Å². The third-order valence-corrected chi connectivity index (χ3v) is 6.21. The highest BCUT2D eigenvalue weighted by Gasteiger charge is 2.24. The number of anilines is 2. The molecule has 0 radical (unpaired) electrons. The SMILES string of the molecule is CCOc1ccccc1NC(=O)N1CCN(c2cc(=O)n3nc(-c4ccco4)sc3n2)CC1. The fourth-order valence-corrected chi connectivity index (χ4v) is 4.51. The van der Waals surface area contributed by atoms with Crippen LogP contribution in [-0.2, 0) is 0 Å². The molecule has 1 aromatic carbocycles. The van der Waals surface area contributed by atoms with Crippen LogP contribution in [0.1, 0.15) is 6.92 Å². The van der Waals surface area contributed by atoms with Crippen LogP contribution in [0.2, 0.25) is 0 Å². The van der Waals surface area contributed by atoms with Crippen LogP contribution in [0.5, 0.6) is 5.75 Å². The molecule has 0 atom stereocenters. The molecule has 0 unspecified atom stereocenters. The topological polar surface area (TPSA) is 105 Å². The summed E-state index contributed by atoms with van der Waals surface area (Å²) in [6.07, 6.45) is 1.56. The summed E-state index contributed by atoms with van der Waals surface area (Å²) in [4.78, 5) is 34.2. The Morgan fingerprint density at radius 3 is 2.76 bits per heavy atom. The molecule has 11 heteroatoms. The predicted molar refractivity (Wildman–Crippen MR) is 125 cm³/mol. The number of nitrogens with one attached hydrogen (secondary N) is 1. The molecule has 3 aromatic heterocycles. The van der Waals surface area contributed by atoms with Crippen LogP contribution in [0.15, 0.2) is 57.9 Å². The molecule has 5 rings (SSSR count). The number of aromatic nitrogens is 3. The predicted octanol–water partition coefficient (Wildman–Crippen LogP) is 3.16. The molecule has 1 fully saturated rings. The second-order valence-electron chi connectivity index (χ2n) is 7.36. The molecule has 1 saturated heterocycles. The summed E-state index contributed by atoms with van der Waals surface area (Å²) < 4.78 is 12.2. The summed E-state index contributed by atoms with van der Waals surface area (Å²) in [6, 6.07) is 12.2. The van der Waals surface area contributed by atoms with E-state index in [4.69, 9.17) is 9.15 Å². The minimum absolute atomic E-state index is 0.184.